The Morgan fingerprint density at radius 1 is 1.44 bits per heavy atom. The number of hydrogen-bond acceptors (Lipinski definition) is 4. The van der Waals surface area contributed by atoms with Gasteiger partial charge in [-0.05, 0) is 23.8 Å². The molecular weight excluding hydrogens is 417 g/mol. The fourth-order valence-electron chi connectivity index (χ4n) is 3.54. The fraction of sp³-hybridized carbons (Fsp3) is 0.278. The van der Waals surface area contributed by atoms with E-state index in [9.17, 15) is 14.0 Å². The van der Waals surface area contributed by atoms with Crippen molar-refractivity contribution in [1.82, 2.24) is 14.9 Å². The molecule has 1 aliphatic carbocycles. The zero-order valence-electron chi connectivity index (χ0n) is 13.9. The number of hydrogen-bond donors (Lipinski definition) is 1. The van der Waals surface area contributed by atoms with Gasteiger partial charge in [0.05, 0.1) is 17.8 Å². The molecule has 9 heteroatoms. The Labute approximate surface area is 162 Å². The standard InChI is InChI=1S/C18H13BrFN5O2/c1-21-14-5-18(14)9-25(16(27)12-3-2-10(19)4-13(12)18)8-15(26)24-17-22-6-11(20)7-23-17/h2-4,6-7,14H,5,8-9H2,(H,22,23,24,26)/t14-,18+/m0/s1. The summed E-state index contributed by atoms with van der Waals surface area (Å²) in [6.45, 7) is 7.50. The summed E-state index contributed by atoms with van der Waals surface area (Å²) < 4.78 is 13.7. The minimum absolute atomic E-state index is 0.0321. The minimum atomic E-state index is -0.608. The van der Waals surface area contributed by atoms with E-state index in [1.807, 2.05) is 6.07 Å². The lowest BCUT2D eigenvalue weighted by Crippen LogP contribution is -2.47. The third-order valence-electron chi connectivity index (χ3n) is 4.91. The molecule has 0 saturated heterocycles. The molecule has 7 nitrogen and oxygen atoms in total. The Bertz CT molecular complexity index is 990. The predicted octanol–water partition coefficient (Wildman–Crippen LogP) is 2.40. The number of aromatic nitrogens is 2. The van der Waals surface area contributed by atoms with Crippen LogP contribution < -0.4 is 5.32 Å². The quantitative estimate of drug-likeness (QED) is 0.759. The van der Waals surface area contributed by atoms with E-state index in [1.165, 1.54) is 4.90 Å². The third-order valence-corrected chi connectivity index (χ3v) is 5.40. The molecule has 2 heterocycles. The highest BCUT2D eigenvalue weighted by Crippen LogP contribution is 2.54. The third kappa shape index (κ3) is 3.06. The summed E-state index contributed by atoms with van der Waals surface area (Å²) in [7, 11) is 0. The van der Waals surface area contributed by atoms with Gasteiger partial charge in [-0.15, -0.1) is 0 Å². The first-order valence-corrected chi connectivity index (χ1v) is 8.95. The lowest BCUT2D eigenvalue weighted by atomic mass is 9.86. The lowest BCUT2D eigenvalue weighted by molar-refractivity contribution is -0.117. The number of nitrogens with zero attached hydrogens (tertiary/aromatic N) is 4. The van der Waals surface area contributed by atoms with E-state index < -0.39 is 17.1 Å². The van der Waals surface area contributed by atoms with Crippen molar-refractivity contribution in [2.24, 2.45) is 0 Å². The molecule has 136 valence electrons. The average molecular weight is 430 g/mol. The zero-order chi connectivity index (χ0) is 19.2. The second-order valence-electron chi connectivity index (χ2n) is 6.63. The maximum atomic E-state index is 12.9. The Hall–Kier alpha value is -2.86. The molecule has 1 spiro atoms. The minimum Gasteiger partial charge on any atom is -0.328 e. The van der Waals surface area contributed by atoms with Gasteiger partial charge in [0.15, 0.2) is 5.82 Å². The Morgan fingerprint density at radius 2 is 2.19 bits per heavy atom. The monoisotopic (exact) mass is 429 g/mol. The molecule has 0 bridgehead atoms. The topological polar surface area (TPSA) is 79.6 Å². The summed E-state index contributed by atoms with van der Waals surface area (Å²) in [6, 6.07) is 5.18. The van der Waals surface area contributed by atoms with Crippen LogP contribution in [0.1, 0.15) is 22.3 Å². The number of benzene rings is 1. The van der Waals surface area contributed by atoms with E-state index in [0.717, 1.165) is 22.4 Å². The fourth-order valence-corrected chi connectivity index (χ4v) is 3.90. The number of nitrogens with one attached hydrogen (secondary N) is 1. The van der Waals surface area contributed by atoms with Gasteiger partial charge >= 0.3 is 0 Å². The highest BCUT2D eigenvalue weighted by molar-refractivity contribution is 9.10. The molecule has 1 N–H and O–H groups in total. The number of halogens is 2. The summed E-state index contributed by atoms with van der Waals surface area (Å²) in [5.41, 5.74) is 0.948. The Kier molecular flexibility index (Phi) is 4.15. The molecule has 1 aromatic heterocycles. The largest absolute Gasteiger partial charge is 0.328 e. The summed E-state index contributed by atoms with van der Waals surface area (Å²) in [5.74, 6) is -1.38. The van der Waals surface area contributed by atoms with E-state index in [-0.39, 0.29) is 24.4 Å². The second-order valence-corrected chi connectivity index (χ2v) is 7.55. The van der Waals surface area contributed by atoms with E-state index in [1.54, 1.807) is 12.1 Å². The molecular formula is C18H13BrFN5O2. The van der Waals surface area contributed by atoms with Crippen molar-refractivity contribution in [3.8, 4) is 0 Å². The summed E-state index contributed by atoms with van der Waals surface area (Å²) >= 11 is 3.42. The van der Waals surface area contributed by atoms with Crippen LogP contribution in [0.25, 0.3) is 4.85 Å². The van der Waals surface area contributed by atoms with Crippen molar-refractivity contribution in [2.75, 3.05) is 18.4 Å². The van der Waals surface area contributed by atoms with Crippen LogP contribution in [0.4, 0.5) is 10.3 Å². The Balaban J connectivity index is 1.56. The number of anilines is 1. The van der Waals surface area contributed by atoms with E-state index in [4.69, 9.17) is 6.57 Å². The molecule has 0 unspecified atom stereocenters. The molecule has 1 aliphatic heterocycles. The van der Waals surface area contributed by atoms with Gasteiger partial charge in [-0.3, -0.25) is 14.9 Å². The molecule has 2 aliphatic rings. The number of fused-ring (bicyclic) bond motifs is 2. The van der Waals surface area contributed by atoms with Crippen molar-refractivity contribution in [3.05, 3.63) is 63.4 Å². The average Bonchev–Trinajstić information content (AvgIpc) is 3.35. The predicted molar refractivity (Wildman–Crippen MR) is 97.4 cm³/mol. The SMILES string of the molecule is [C-]#[N+][C@H]1C[C@]12CN(CC(=O)Nc1ncc(F)cn1)C(=O)c1ccc(Br)cc12. The summed E-state index contributed by atoms with van der Waals surface area (Å²) in [6.07, 6.45) is 2.55. The van der Waals surface area contributed by atoms with Crippen LogP contribution >= 0.6 is 15.9 Å². The molecule has 1 aromatic carbocycles. The van der Waals surface area contributed by atoms with Gasteiger partial charge in [-0.25, -0.2) is 20.9 Å². The first-order valence-electron chi connectivity index (χ1n) is 8.16. The van der Waals surface area contributed by atoms with Crippen LogP contribution in [-0.4, -0.2) is 45.8 Å². The van der Waals surface area contributed by atoms with Crippen molar-refractivity contribution in [1.29, 1.82) is 0 Å². The van der Waals surface area contributed by atoms with Gasteiger partial charge in [0.1, 0.15) is 6.54 Å². The van der Waals surface area contributed by atoms with Gasteiger partial charge in [0.2, 0.25) is 17.9 Å². The van der Waals surface area contributed by atoms with Crippen LogP contribution in [0.15, 0.2) is 35.1 Å². The van der Waals surface area contributed by atoms with Crippen molar-refractivity contribution >= 4 is 33.7 Å². The van der Waals surface area contributed by atoms with Crippen LogP contribution in [0.3, 0.4) is 0 Å². The summed E-state index contributed by atoms with van der Waals surface area (Å²) in [4.78, 5) is 37.6. The normalized spacial score (nSPS) is 22.9. The molecule has 1 saturated carbocycles. The van der Waals surface area contributed by atoms with Crippen LogP contribution in [0.2, 0.25) is 0 Å². The number of carbonyl (C=O) groups is 2. The number of rotatable bonds is 3. The Morgan fingerprint density at radius 3 is 2.85 bits per heavy atom. The van der Waals surface area contributed by atoms with E-state index in [0.29, 0.717) is 18.5 Å². The molecule has 2 aromatic rings. The molecule has 27 heavy (non-hydrogen) atoms. The second kappa shape index (κ2) is 6.39. The molecule has 4 rings (SSSR count). The van der Waals surface area contributed by atoms with E-state index in [2.05, 4.69) is 36.1 Å². The maximum Gasteiger partial charge on any atom is 0.254 e. The lowest BCUT2D eigenvalue weighted by Gasteiger charge is -2.33. The maximum absolute atomic E-state index is 12.9. The van der Waals surface area contributed by atoms with Crippen molar-refractivity contribution in [3.63, 3.8) is 0 Å². The molecule has 0 radical (unpaired) electrons. The van der Waals surface area contributed by atoms with Crippen molar-refractivity contribution in [2.45, 2.75) is 17.9 Å². The van der Waals surface area contributed by atoms with Crippen molar-refractivity contribution < 1.29 is 14.0 Å². The van der Waals surface area contributed by atoms with Crippen LogP contribution in [-0.2, 0) is 10.2 Å². The van der Waals surface area contributed by atoms with Gasteiger partial charge in [0.25, 0.3) is 5.91 Å². The highest BCUT2D eigenvalue weighted by Gasteiger charge is 2.66. The zero-order valence-corrected chi connectivity index (χ0v) is 15.5. The van der Waals surface area contributed by atoms with Gasteiger partial charge < -0.3 is 9.74 Å². The molecule has 2 amide bonds. The first-order chi connectivity index (χ1) is 12.9. The smallest absolute Gasteiger partial charge is 0.254 e. The van der Waals surface area contributed by atoms with Gasteiger partial charge in [-0.1, -0.05) is 15.9 Å². The number of carbonyl (C=O) groups excluding carboxylic acids is 2. The molecule has 2 atom stereocenters. The summed E-state index contributed by atoms with van der Waals surface area (Å²) in [5, 5.41) is 2.45. The van der Waals surface area contributed by atoms with Crippen LogP contribution in [0, 0.1) is 12.4 Å². The van der Waals surface area contributed by atoms with Gasteiger partial charge in [-0.2, -0.15) is 0 Å². The van der Waals surface area contributed by atoms with Gasteiger partial charge in [0, 0.05) is 23.0 Å². The number of amides is 2. The first kappa shape index (κ1) is 17.5. The molecule has 1 fully saturated rings. The van der Waals surface area contributed by atoms with Crippen LogP contribution in [0.5, 0.6) is 0 Å². The van der Waals surface area contributed by atoms with E-state index >= 15 is 0 Å². The highest BCUT2D eigenvalue weighted by atomic mass is 79.9.